The minimum Gasteiger partial charge on any atom is -0.342 e. The summed E-state index contributed by atoms with van der Waals surface area (Å²) in [5.74, 6) is 2.92. The Labute approximate surface area is 173 Å². The van der Waals surface area contributed by atoms with Gasteiger partial charge in [-0.3, -0.25) is 4.79 Å². The SMILES string of the molecule is CCc1nc2ccccc2n1C1CCN(C(=O)C2CC3CCCC(C2)C3N)CC1. The molecule has 2 aliphatic carbocycles. The summed E-state index contributed by atoms with van der Waals surface area (Å²) in [5, 5.41) is 0. The number of fused-ring (bicyclic) bond motifs is 3. The van der Waals surface area contributed by atoms with Gasteiger partial charge in [-0.1, -0.05) is 25.5 Å². The number of carbonyl (C=O) groups is 1. The molecule has 1 saturated heterocycles. The molecule has 156 valence electrons. The molecule has 0 radical (unpaired) electrons. The third-order valence-electron chi connectivity index (χ3n) is 7.89. The number of nitrogens with two attached hydrogens (primary N) is 1. The minimum absolute atomic E-state index is 0.210. The van der Waals surface area contributed by atoms with Gasteiger partial charge in [0.05, 0.1) is 11.0 Å². The number of rotatable bonds is 3. The van der Waals surface area contributed by atoms with Crippen molar-refractivity contribution in [1.29, 1.82) is 0 Å². The third kappa shape index (κ3) is 3.37. The Morgan fingerprint density at radius 2 is 1.79 bits per heavy atom. The van der Waals surface area contributed by atoms with Crippen LogP contribution >= 0.6 is 0 Å². The molecule has 5 rings (SSSR count). The van der Waals surface area contributed by atoms with Crippen molar-refractivity contribution in [2.45, 2.75) is 70.4 Å². The van der Waals surface area contributed by atoms with Crippen LogP contribution in [0.1, 0.15) is 63.7 Å². The number of para-hydroxylation sites is 2. The molecule has 2 aromatic rings. The van der Waals surface area contributed by atoms with Crippen LogP contribution < -0.4 is 5.73 Å². The highest BCUT2D eigenvalue weighted by molar-refractivity contribution is 5.79. The van der Waals surface area contributed by atoms with Gasteiger partial charge in [-0.05, 0) is 62.5 Å². The maximum absolute atomic E-state index is 13.3. The molecule has 0 spiro atoms. The van der Waals surface area contributed by atoms with Crippen LogP contribution in [0.5, 0.6) is 0 Å². The van der Waals surface area contributed by atoms with E-state index in [-0.39, 0.29) is 5.92 Å². The summed E-state index contributed by atoms with van der Waals surface area (Å²) in [4.78, 5) is 20.3. The number of hydrogen-bond donors (Lipinski definition) is 1. The van der Waals surface area contributed by atoms with Gasteiger partial charge in [-0.15, -0.1) is 0 Å². The summed E-state index contributed by atoms with van der Waals surface area (Å²) >= 11 is 0. The van der Waals surface area contributed by atoms with Crippen LogP contribution in [-0.4, -0.2) is 39.5 Å². The molecule has 3 fully saturated rings. The zero-order valence-electron chi connectivity index (χ0n) is 17.6. The van der Waals surface area contributed by atoms with Crippen molar-refractivity contribution in [3.05, 3.63) is 30.1 Å². The molecular weight excluding hydrogens is 360 g/mol. The first-order valence-electron chi connectivity index (χ1n) is 11.7. The first-order chi connectivity index (χ1) is 14.2. The Bertz CT molecular complexity index is 868. The molecule has 2 unspecified atom stereocenters. The zero-order chi connectivity index (χ0) is 20.0. The molecule has 1 aliphatic heterocycles. The van der Waals surface area contributed by atoms with Crippen molar-refractivity contribution in [2.75, 3.05) is 13.1 Å². The number of hydrogen-bond acceptors (Lipinski definition) is 3. The highest BCUT2D eigenvalue weighted by Crippen LogP contribution is 2.43. The van der Waals surface area contributed by atoms with Crippen LogP contribution in [0.2, 0.25) is 0 Å². The van der Waals surface area contributed by atoms with Gasteiger partial charge in [0.1, 0.15) is 5.82 Å². The van der Waals surface area contributed by atoms with Gasteiger partial charge < -0.3 is 15.2 Å². The van der Waals surface area contributed by atoms with E-state index in [1.165, 1.54) is 30.6 Å². The average molecular weight is 395 g/mol. The number of piperidine rings is 1. The predicted molar refractivity (Wildman–Crippen MR) is 115 cm³/mol. The predicted octanol–water partition coefficient (Wildman–Crippen LogP) is 3.92. The third-order valence-corrected chi connectivity index (χ3v) is 7.89. The molecule has 2 heterocycles. The normalized spacial score (nSPS) is 30.6. The van der Waals surface area contributed by atoms with Crippen molar-refractivity contribution >= 4 is 16.9 Å². The van der Waals surface area contributed by atoms with Crippen LogP contribution in [0.25, 0.3) is 11.0 Å². The van der Waals surface area contributed by atoms with Gasteiger partial charge in [-0.2, -0.15) is 0 Å². The maximum atomic E-state index is 13.3. The quantitative estimate of drug-likeness (QED) is 0.858. The average Bonchev–Trinajstić information content (AvgIpc) is 3.12. The van der Waals surface area contributed by atoms with Crippen molar-refractivity contribution in [2.24, 2.45) is 23.5 Å². The lowest BCUT2D eigenvalue weighted by Gasteiger charge is -2.45. The maximum Gasteiger partial charge on any atom is 0.225 e. The number of imidazole rings is 1. The molecule has 29 heavy (non-hydrogen) atoms. The van der Waals surface area contributed by atoms with Crippen molar-refractivity contribution < 1.29 is 4.79 Å². The standard InChI is InChI=1S/C24H34N4O/c1-2-22-26-20-8-3-4-9-21(20)28(22)19-10-12-27(13-11-19)24(29)18-14-16-6-5-7-17(15-18)23(16)25/h3-4,8-9,16-19,23H,2,5-7,10-15,25H2,1H3. The van der Waals surface area contributed by atoms with Gasteiger partial charge in [0.25, 0.3) is 0 Å². The first-order valence-corrected chi connectivity index (χ1v) is 11.7. The fraction of sp³-hybridized carbons (Fsp3) is 0.667. The monoisotopic (exact) mass is 394 g/mol. The molecule has 1 amide bonds. The Kier molecular flexibility index (Phi) is 5.10. The number of carbonyl (C=O) groups excluding carboxylic acids is 1. The minimum atomic E-state index is 0.210. The fourth-order valence-corrected chi connectivity index (χ4v) is 6.34. The molecule has 2 atom stereocenters. The van der Waals surface area contributed by atoms with Gasteiger partial charge in [0, 0.05) is 37.5 Å². The second kappa shape index (κ2) is 7.75. The van der Waals surface area contributed by atoms with Crippen LogP contribution in [-0.2, 0) is 11.2 Å². The fourth-order valence-electron chi connectivity index (χ4n) is 6.34. The van der Waals surface area contributed by atoms with Crippen molar-refractivity contribution in [1.82, 2.24) is 14.5 Å². The highest BCUT2D eigenvalue weighted by Gasteiger charge is 2.42. The Balaban J connectivity index is 1.27. The lowest BCUT2D eigenvalue weighted by molar-refractivity contribution is -0.140. The van der Waals surface area contributed by atoms with Gasteiger partial charge in [-0.25, -0.2) is 4.98 Å². The molecule has 3 aliphatic rings. The van der Waals surface area contributed by atoms with E-state index in [1.54, 1.807) is 0 Å². The van der Waals surface area contributed by atoms with Gasteiger partial charge in [0.15, 0.2) is 0 Å². The van der Waals surface area contributed by atoms with Crippen LogP contribution in [0.3, 0.4) is 0 Å². The zero-order valence-corrected chi connectivity index (χ0v) is 17.6. The number of benzene rings is 1. The van der Waals surface area contributed by atoms with E-state index >= 15 is 0 Å². The summed E-state index contributed by atoms with van der Waals surface area (Å²) in [6.45, 7) is 3.93. The molecule has 5 heteroatoms. The number of nitrogens with zero attached hydrogens (tertiary/aromatic N) is 3. The molecule has 2 bridgehead atoms. The molecule has 2 saturated carbocycles. The van der Waals surface area contributed by atoms with E-state index < -0.39 is 0 Å². The molecule has 2 N–H and O–H groups in total. The topological polar surface area (TPSA) is 64.2 Å². The first kappa shape index (κ1) is 19.1. The van der Waals surface area contributed by atoms with Gasteiger partial charge >= 0.3 is 0 Å². The molecule has 1 aromatic carbocycles. The van der Waals surface area contributed by atoms with E-state index in [4.69, 9.17) is 10.7 Å². The molecule has 1 aromatic heterocycles. The lowest BCUT2D eigenvalue weighted by atomic mass is 9.65. The summed E-state index contributed by atoms with van der Waals surface area (Å²) < 4.78 is 2.45. The Morgan fingerprint density at radius 1 is 1.10 bits per heavy atom. The second-order valence-corrected chi connectivity index (χ2v) is 9.49. The van der Waals surface area contributed by atoms with Crippen molar-refractivity contribution in [3.63, 3.8) is 0 Å². The van der Waals surface area contributed by atoms with E-state index in [0.29, 0.717) is 29.8 Å². The number of aryl methyl sites for hydroxylation is 1. The van der Waals surface area contributed by atoms with E-state index in [9.17, 15) is 4.79 Å². The van der Waals surface area contributed by atoms with Crippen LogP contribution in [0.15, 0.2) is 24.3 Å². The van der Waals surface area contributed by atoms with Gasteiger partial charge in [0.2, 0.25) is 5.91 Å². The number of aromatic nitrogens is 2. The van der Waals surface area contributed by atoms with Crippen LogP contribution in [0.4, 0.5) is 0 Å². The largest absolute Gasteiger partial charge is 0.342 e. The lowest BCUT2D eigenvalue weighted by Crippen LogP contribution is -2.50. The van der Waals surface area contributed by atoms with E-state index in [0.717, 1.165) is 50.7 Å². The molecule has 5 nitrogen and oxygen atoms in total. The summed E-state index contributed by atoms with van der Waals surface area (Å²) in [6, 6.07) is 9.23. The Hall–Kier alpha value is -1.88. The number of likely N-dealkylation sites (tertiary alicyclic amines) is 1. The summed E-state index contributed by atoms with van der Waals surface area (Å²) in [5.41, 5.74) is 8.77. The second-order valence-electron chi connectivity index (χ2n) is 9.49. The highest BCUT2D eigenvalue weighted by atomic mass is 16.2. The smallest absolute Gasteiger partial charge is 0.225 e. The number of amides is 1. The van der Waals surface area contributed by atoms with Crippen molar-refractivity contribution in [3.8, 4) is 0 Å². The summed E-state index contributed by atoms with van der Waals surface area (Å²) in [6.07, 6.45) is 8.77. The van der Waals surface area contributed by atoms with Crippen LogP contribution in [0, 0.1) is 17.8 Å². The molecular formula is C24H34N4O. The van der Waals surface area contributed by atoms with E-state index in [1.807, 2.05) is 0 Å². The Morgan fingerprint density at radius 3 is 2.48 bits per heavy atom. The summed E-state index contributed by atoms with van der Waals surface area (Å²) in [7, 11) is 0. The van der Waals surface area contributed by atoms with E-state index in [2.05, 4.69) is 40.7 Å².